The molecule has 0 atom stereocenters. The molecule has 0 heterocycles. The van der Waals surface area contributed by atoms with Crippen molar-refractivity contribution in [3.63, 3.8) is 0 Å². The van der Waals surface area contributed by atoms with E-state index in [9.17, 15) is 4.79 Å². The highest BCUT2D eigenvalue weighted by Gasteiger charge is 2.12. The third-order valence-electron chi connectivity index (χ3n) is 3.65. The highest BCUT2D eigenvalue weighted by atomic mass is 16.5. The Hall–Kier alpha value is -2.69. The number of hydrogen-bond donors (Lipinski definition) is 1. The quantitative estimate of drug-likeness (QED) is 0.820. The van der Waals surface area contributed by atoms with Crippen LogP contribution < -0.4 is 19.5 Å². The van der Waals surface area contributed by atoms with Crippen LogP contribution in [0.2, 0.25) is 0 Å². The lowest BCUT2D eigenvalue weighted by Gasteiger charge is -2.21. The van der Waals surface area contributed by atoms with Gasteiger partial charge in [-0.15, -0.1) is 0 Å². The van der Waals surface area contributed by atoms with Crippen LogP contribution in [0, 0.1) is 0 Å². The van der Waals surface area contributed by atoms with E-state index in [4.69, 9.17) is 14.2 Å². The molecule has 0 aliphatic carbocycles. The van der Waals surface area contributed by atoms with Crippen molar-refractivity contribution in [2.75, 3.05) is 14.2 Å². The lowest BCUT2D eigenvalue weighted by atomic mass is 10.1. The van der Waals surface area contributed by atoms with Gasteiger partial charge in [0.25, 0.3) is 0 Å². The third-order valence-corrected chi connectivity index (χ3v) is 3.65. The highest BCUT2D eigenvalue weighted by Crippen LogP contribution is 2.27. The first-order valence-electron chi connectivity index (χ1n) is 8.56. The highest BCUT2D eigenvalue weighted by molar-refractivity contribution is 5.78. The molecule has 0 aliphatic heterocycles. The van der Waals surface area contributed by atoms with Crippen LogP contribution in [0.4, 0.5) is 0 Å². The molecule has 1 amide bonds. The average molecular weight is 357 g/mol. The van der Waals surface area contributed by atoms with Crippen molar-refractivity contribution in [1.29, 1.82) is 0 Å². The Kier molecular flexibility index (Phi) is 6.50. The molecule has 0 bridgehead atoms. The van der Waals surface area contributed by atoms with Gasteiger partial charge in [-0.05, 0) is 56.2 Å². The zero-order valence-corrected chi connectivity index (χ0v) is 16.1. The lowest BCUT2D eigenvalue weighted by molar-refractivity contribution is -0.120. The van der Waals surface area contributed by atoms with E-state index < -0.39 is 0 Å². The van der Waals surface area contributed by atoms with E-state index in [1.54, 1.807) is 14.2 Å². The number of amides is 1. The summed E-state index contributed by atoms with van der Waals surface area (Å²) in [5.41, 5.74) is 1.65. The van der Waals surface area contributed by atoms with Gasteiger partial charge in [0, 0.05) is 6.54 Å². The molecule has 0 radical (unpaired) electrons. The van der Waals surface area contributed by atoms with E-state index in [1.165, 1.54) is 0 Å². The Balaban J connectivity index is 1.89. The number of carbonyl (C=O) groups excluding carboxylic acids is 1. The molecule has 5 heteroatoms. The van der Waals surface area contributed by atoms with Gasteiger partial charge in [0.15, 0.2) is 11.5 Å². The smallest absolute Gasteiger partial charge is 0.224 e. The fourth-order valence-corrected chi connectivity index (χ4v) is 2.47. The largest absolute Gasteiger partial charge is 0.493 e. The van der Waals surface area contributed by atoms with Crippen LogP contribution in [0.5, 0.6) is 17.2 Å². The summed E-state index contributed by atoms with van der Waals surface area (Å²) in [6.45, 7) is 6.44. The number of nitrogens with one attached hydrogen (secondary N) is 1. The normalized spacial score (nSPS) is 11.0. The zero-order valence-electron chi connectivity index (χ0n) is 16.1. The van der Waals surface area contributed by atoms with Gasteiger partial charge in [0.05, 0.1) is 20.6 Å². The van der Waals surface area contributed by atoms with Crippen molar-refractivity contribution in [3.05, 3.63) is 53.6 Å². The number of ether oxygens (including phenoxy) is 3. The van der Waals surface area contributed by atoms with E-state index >= 15 is 0 Å². The number of methoxy groups -OCH3 is 2. The molecule has 2 rings (SSSR count). The number of hydrogen-bond acceptors (Lipinski definition) is 4. The molecular weight excluding hydrogens is 330 g/mol. The molecular formula is C21H27NO4. The van der Waals surface area contributed by atoms with Crippen molar-refractivity contribution in [2.45, 2.75) is 39.3 Å². The van der Waals surface area contributed by atoms with Gasteiger partial charge in [-0.3, -0.25) is 4.79 Å². The summed E-state index contributed by atoms with van der Waals surface area (Å²) in [6, 6.07) is 13.2. The summed E-state index contributed by atoms with van der Waals surface area (Å²) in [5, 5.41) is 2.92. The summed E-state index contributed by atoms with van der Waals surface area (Å²) in [6.07, 6.45) is 0.323. The topological polar surface area (TPSA) is 56.8 Å². The molecule has 2 aromatic rings. The zero-order chi connectivity index (χ0) is 19.2. The van der Waals surface area contributed by atoms with Gasteiger partial charge in [-0.2, -0.15) is 0 Å². The van der Waals surface area contributed by atoms with Gasteiger partial charge in [0.1, 0.15) is 11.4 Å². The molecule has 26 heavy (non-hydrogen) atoms. The first kappa shape index (κ1) is 19.6. The third kappa shape index (κ3) is 5.99. The van der Waals surface area contributed by atoms with Crippen LogP contribution in [0.15, 0.2) is 42.5 Å². The SMILES string of the molecule is COc1ccc(CNC(=O)Cc2ccc(OC(C)(C)C)cc2)cc1OC. The molecule has 0 fully saturated rings. The first-order chi connectivity index (χ1) is 12.3. The second kappa shape index (κ2) is 8.61. The summed E-state index contributed by atoms with van der Waals surface area (Å²) >= 11 is 0. The Morgan fingerprint density at radius 1 is 0.923 bits per heavy atom. The van der Waals surface area contributed by atoms with Gasteiger partial charge < -0.3 is 19.5 Å². The van der Waals surface area contributed by atoms with E-state index in [0.717, 1.165) is 16.9 Å². The lowest BCUT2D eigenvalue weighted by Crippen LogP contribution is -2.24. The monoisotopic (exact) mass is 357 g/mol. The van der Waals surface area contributed by atoms with Crippen molar-refractivity contribution >= 4 is 5.91 Å². The molecule has 0 spiro atoms. The summed E-state index contributed by atoms with van der Waals surface area (Å²) in [4.78, 5) is 12.2. The predicted molar refractivity (Wildman–Crippen MR) is 102 cm³/mol. The summed E-state index contributed by atoms with van der Waals surface area (Å²) in [5.74, 6) is 2.07. The maximum absolute atomic E-state index is 12.2. The van der Waals surface area contributed by atoms with Gasteiger partial charge in [-0.25, -0.2) is 0 Å². The van der Waals surface area contributed by atoms with Crippen LogP contribution >= 0.6 is 0 Å². The summed E-state index contributed by atoms with van der Waals surface area (Å²) in [7, 11) is 3.18. The maximum Gasteiger partial charge on any atom is 0.224 e. The van der Waals surface area contributed by atoms with Crippen molar-refractivity contribution < 1.29 is 19.0 Å². The van der Waals surface area contributed by atoms with E-state index in [1.807, 2.05) is 63.2 Å². The van der Waals surface area contributed by atoms with E-state index in [2.05, 4.69) is 5.32 Å². The van der Waals surface area contributed by atoms with Crippen LogP contribution in [0.3, 0.4) is 0 Å². The van der Waals surface area contributed by atoms with Crippen molar-refractivity contribution in [2.24, 2.45) is 0 Å². The van der Waals surface area contributed by atoms with E-state index in [0.29, 0.717) is 24.5 Å². The molecule has 0 aliphatic rings. The molecule has 0 saturated carbocycles. The first-order valence-corrected chi connectivity index (χ1v) is 8.56. The minimum atomic E-state index is -0.238. The van der Waals surface area contributed by atoms with Crippen LogP contribution in [-0.4, -0.2) is 25.7 Å². The Bertz CT molecular complexity index is 733. The second-order valence-electron chi connectivity index (χ2n) is 7.00. The molecule has 0 saturated heterocycles. The van der Waals surface area contributed by atoms with Crippen molar-refractivity contribution in [1.82, 2.24) is 5.32 Å². The molecule has 5 nitrogen and oxygen atoms in total. The molecule has 1 N–H and O–H groups in total. The summed E-state index contributed by atoms with van der Waals surface area (Å²) < 4.78 is 16.3. The minimum Gasteiger partial charge on any atom is -0.493 e. The van der Waals surface area contributed by atoms with Crippen LogP contribution in [0.25, 0.3) is 0 Å². The number of rotatable bonds is 7. The van der Waals surface area contributed by atoms with Crippen LogP contribution in [-0.2, 0) is 17.8 Å². The number of carbonyl (C=O) groups is 1. The average Bonchev–Trinajstić information content (AvgIpc) is 2.60. The molecule has 140 valence electrons. The fourth-order valence-electron chi connectivity index (χ4n) is 2.47. The Morgan fingerprint density at radius 3 is 2.12 bits per heavy atom. The molecule has 0 unspecified atom stereocenters. The van der Waals surface area contributed by atoms with E-state index in [-0.39, 0.29) is 11.5 Å². The van der Waals surface area contributed by atoms with Gasteiger partial charge in [-0.1, -0.05) is 18.2 Å². The number of benzene rings is 2. The second-order valence-corrected chi connectivity index (χ2v) is 7.00. The standard InChI is InChI=1S/C21H27NO4/c1-21(2,3)26-17-9-6-15(7-10-17)13-20(23)22-14-16-8-11-18(24-4)19(12-16)25-5/h6-12H,13-14H2,1-5H3,(H,22,23). The molecule has 0 aromatic heterocycles. The predicted octanol–water partition coefficient (Wildman–Crippen LogP) is 3.74. The Labute approximate surface area is 155 Å². The fraction of sp³-hybridized carbons (Fsp3) is 0.381. The van der Waals surface area contributed by atoms with Crippen LogP contribution in [0.1, 0.15) is 31.9 Å². The minimum absolute atomic E-state index is 0.0377. The van der Waals surface area contributed by atoms with Gasteiger partial charge in [0.2, 0.25) is 5.91 Å². The van der Waals surface area contributed by atoms with Crippen molar-refractivity contribution in [3.8, 4) is 17.2 Å². The molecule has 2 aromatic carbocycles. The maximum atomic E-state index is 12.2. The van der Waals surface area contributed by atoms with Gasteiger partial charge >= 0.3 is 0 Å². The Morgan fingerprint density at radius 2 is 1.54 bits per heavy atom.